The van der Waals surface area contributed by atoms with Crippen molar-refractivity contribution in [1.82, 2.24) is 15.0 Å². The molecule has 10 nitrogen and oxygen atoms in total. The van der Waals surface area contributed by atoms with Crippen LogP contribution in [0.25, 0.3) is 10.9 Å². The van der Waals surface area contributed by atoms with E-state index in [-0.39, 0.29) is 23.5 Å². The third kappa shape index (κ3) is 5.52. The number of hydrogen-bond acceptors (Lipinski definition) is 9. The number of nitrogens with one attached hydrogen (secondary N) is 1. The molecular formula is C28H27N5O5. The fraction of sp³-hybridized carbons (Fsp3) is 0.214. The molecule has 4 rings (SSSR count). The van der Waals surface area contributed by atoms with Gasteiger partial charge in [0.1, 0.15) is 11.4 Å². The number of methoxy groups -OCH3 is 2. The zero-order chi connectivity index (χ0) is 27.2. The van der Waals surface area contributed by atoms with Gasteiger partial charge in [-0.05, 0) is 42.3 Å². The Labute approximate surface area is 219 Å². The van der Waals surface area contributed by atoms with Crippen LogP contribution in [0.3, 0.4) is 0 Å². The SMILES string of the molecule is CCOC(=O)c1c[nH]c2cc(CC#Cc3cc(Cc4cnc(N)nc4N)cc(OC)c3OC)ccc2c1=O. The normalized spacial score (nSPS) is 10.5. The van der Waals surface area contributed by atoms with E-state index in [1.54, 1.807) is 39.5 Å². The second kappa shape index (κ2) is 11.3. The summed E-state index contributed by atoms with van der Waals surface area (Å²) in [5.41, 5.74) is 14.9. The average molecular weight is 514 g/mol. The van der Waals surface area contributed by atoms with Gasteiger partial charge < -0.3 is 30.7 Å². The number of carbonyl (C=O) groups excluding carboxylic acids is 1. The van der Waals surface area contributed by atoms with Gasteiger partial charge in [-0.25, -0.2) is 9.78 Å². The Kier molecular flexibility index (Phi) is 7.77. The summed E-state index contributed by atoms with van der Waals surface area (Å²) in [7, 11) is 3.11. The quantitative estimate of drug-likeness (QED) is 0.250. The molecule has 194 valence electrons. The summed E-state index contributed by atoms with van der Waals surface area (Å²) < 4.78 is 16.0. The lowest BCUT2D eigenvalue weighted by Crippen LogP contribution is -2.18. The number of nitrogens with two attached hydrogens (primary N) is 2. The predicted octanol–water partition coefficient (Wildman–Crippen LogP) is 2.86. The monoisotopic (exact) mass is 513 g/mol. The summed E-state index contributed by atoms with van der Waals surface area (Å²) in [5, 5.41) is 0.400. The van der Waals surface area contributed by atoms with E-state index >= 15 is 0 Å². The van der Waals surface area contributed by atoms with Gasteiger partial charge in [0.2, 0.25) is 11.4 Å². The maximum absolute atomic E-state index is 12.7. The van der Waals surface area contributed by atoms with Crippen LogP contribution in [-0.2, 0) is 17.6 Å². The van der Waals surface area contributed by atoms with Crippen LogP contribution < -0.4 is 26.4 Å². The lowest BCUT2D eigenvalue weighted by molar-refractivity contribution is 0.0524. The lowest BCUT2D eigenvalue weighted by atomic mass is 10.0. The minimum Gasteiger partial charge on any atom is -0.493 e. The highest BCUT2D eigenvalue weighted by Crippen LogP contribution is 2.33. The molecule has 0 fully saturated rings. The molecule has 0 aliphatic carbocycles. The van der Waals surface area contributed by atoms with Crippen LogP contribution in [0.1, 0.15) is 39.5 Å². The molecule has 0 saturated heterocycles. The van der Waals surface area contributed by atoms with Gasteiger partial charge >= 0.3 is 5.97 Å². The van der Waals surface area contributed by atoms with Crippen LogP contribution in [-0.4, -0.2) is 41.7 Å². The molecule has 0 saturated carbocycles. The molecule has 2 heterocycles. The van der Waals surface area contributed by atoms with Crippen molar-refractivity contribution >= 4 is 28.6 Å². The van der Waals surface area contributed by atoms with Crippen LogP contribution in [0, 0.1) is 11.8 Å². The average Bonchev–Trinajstić information content (AvgIpc) is 2.90. The lowest BCUT2D eigenvalue weighted by Gasteiger charge is -2.13. The van der Waals surface area contributed by atoms with Crippen molar-refractivity contribution in [3.63, 3.8) is 0 Å². The highest BCUT2D eigenvalue weighted by atomic mass is 16.5. The van der Waals surface area contributed by atoms with Crippen LogP contribution in [0.2, 0.25) is 0 Å². The maximum atomic E-state index is 12.7. The zero-order valence-electron chi connectivity index (χ0n) is 21.3. The first-order chi connectivity index (χ1) is 18.3. The van der Waals surface area contributed by atoms with Crippen molar-refractivity contribution < 1.29 is 19.0 Å². The number of rotatable bonds is 7. The van der Waals surface area contributed by atoms with E-state index in [0.29, 0.717) is 46.6 Å². The Morgan fingerprint density at radius 2 is 1.92 bits per heavy atom. The molecule has 4 aromatic rings. The Morgan fingerprint density at radius 1 is 1.11 bits per heavy atom. The first-order valence-electron chi connectivity index (χ1n) is 11.8. The molecule has 5 N–H and O–H groups in total. The van der Waals surface area contributed by atoms with Crippen molar-refractivity contribution in [3.05, 3.63) is 80.8 Å². The molecule has 10 heteroatoms. The molecular weight excluding hydrogens is 486 g/mol. The second-order valence-electron chi connectivity index (χ2n) is 8.30. The summed E-state index contributed by atoms with van der Waals surface area (Å²) in [5.74, 6) is 7.15. The Balaban J connectivity index is 1.62. The van der Waals surface area contributed by atoms with Crippen LogP contribution in [0.4, 0.5) is 11.8 Å². The van der Waals surface area contributed by atoms with Gasteiger partial charge in [-0.2, -0.15) is 4.98 Å². The summed E-state index contributed by atoms with van der Waals surface area (Å²) in [6, 6.07) is 9.07. The number of anilines is 2. The van der Waals surface area contributed by atoms with E-state index in [4.69, 9.17) is 25.7 Å². The van der Waals surface area contributed by atoms with Gasteiger partial charge in [0, 0.05) is 41.7 Å². The van der Waals surface area contributed by atoms with Crippen molar-refractivity contribution in [1.29, 1.82) is 0 Å². The topological polar surface area (TPSA) is 155 Å². The number of ether oxygens (including phenoxy) is 3. The van der Waals surface area contributed by atoms with E-state index in [1.165, 1.54) is 6.20 Å². The van der Waals surface area contributed by atoms with Crippen molar-refractivity contribution in [2.24, 2.45) is 0 Å². The number of hydrogen-bond donors (Lipinski definition) is 3. The number of carbonyl (C=O) groups is 1. The number of fused-ring (bicyclic) bond motifs is 1. The van der Waals surface area contributed by atoms with Crippen LogP contribution >= 0.6 is 0 Å². The highest BCUT2D eigenvalue weighted by molar-refractivity contribution is 5.93. The third-order valence-electron chi connectivity index (χ3n) is 5.81. The maximum Gasteiger partial charge on any atom is 0.343 e. The largest absolute Gasteiger partial charge is 0.493 e. The Morgan fingerprint density at radius 3 is 2.63 bits per heavy atom. The van der Waals surface area contributed by atoms with Crippen molar-refractivity contribution in [2.45, 2.75) is 19.8 Å². The van der Waals surface area contributed by atoms with Gasteiger partial charge in [-0.3, -0.25) is 4.79 Å². The summed E-state index contributed by atoms with van der Waals surface area (Å²) in [6.45, 7) is 1.88. The Hall–Kier alpha value is -5.04. The zero-order valence-corrected chi connectivity index (χ0v) is 21.3. The summed E-state index contributed by atoms with van der Waals surface area (Å²) in [4.78, 5) is 35.7. The van der Waals surface area contributed by atoms with E-state index < -0.39 is 5.97 Å². The first-order valence-corrected chi connectivity index (χ1v) is 11.8. The molecule has 38 heavy (non-hydrogen) atoms. The van der Waals surface area contributed by atoms with Crippen molar-refractivity contribution in [3.8, 4) is 23.3 Å². The second-order valence-corrected chi connectivity index (χ2v) is 8.30. The fourth-order valence-corrected chi connectivity index (χ4v) is 3.99. The van der Waals surface area contributed by atoms with Gasteiger partial charge in [0.25, 0.3) is 0 Å². The molecule has 2 aromatic heterocycles. The van der Waals surface area contributed by atoms with Gasteiger partial charge in [-0.1, -0.05) is 17.9 Å². The predicted molar refractivity (Wildman–Crippen MR) is 144 cm³/mol. The van der Waals surface area contributed by atoms with Crippen molar-refractivity contribution in [2.75, 3.05) is 32.3 Å². The Bertz CT molecular complexity index is 1630. The van der Waals surface area contributed by atoms with Gasteiger partial charge in [0.15, 0.2) is 11.5 Å². The van der Waals surface area contributed by atoms with E-state index in [2.05, 4.69) is 26.8 Å². The van der Waals surface area contributed by atoms with E-state index in [9.17, 15) is 9.59 Å². The number of aromatic amines is 1. The van der Waals surface area contributed by atoms with E-state index in [1.807, 2.05) is 18.2 Å². The van der Waals surface area contributed by atoms with Crippen LogP contribution in [0.15, 0.2) is 47.5 Å². The number of nitrogens with zero attached hydrogens (tertiary/aromatic N) is 2. The molecule has 0 unspecified atom stereocenters. The minimum atomic E-state index is -0.649. The molecule has 0 amide bonds. The molecule has 0 spiro atoms. The first kappa shape index (κ1) is 26.0. The third-order valence-corrected chi connectivity index (χ3v) is 5.81. The summed E-state index contributed by atoms with van der Waals surface area (Å²) >= 11 is 0. The highest BCUT2D eigenvalue weighted by Gasteiger charge is 2.15. The number of benzene rings is 2. The summed E-state index contributed by atoms with van der Waals surface area (Å²) in [6.07, 6.45) is 3.83. The molecule has 0 radical (unpaired) electrons. The number of H-pyrrole nitrogens is 1. The number of esters is 1. The number of pyridine rings is 1. The smallest absolute Gasteiger partial charge is 0.343 e. The standard InChI is InChI=1S/C28H27N5O5/c1-4-38-27(35)21-15-31-22-12-16(8-9-20(22)24(21)34)6-5-7-18-10-17(13-23(36-2)25(18)37-3)11-19-14-32-28(30)33-26(19)29/h8-10,12-15H,4,6,11H2,1-3H3,(H,31,34)(H4,29,30,32,33). The van der Waals surface area contributed by atoms with Gasteiger partial charge in [-0.15, -0.1) is 0 Å². The van der Waals surface area contributed by atoms with Gasteiger partial charge in [0.05, 0.1) is 26.4 Å². The van der Waals surface area contributed by atoms with Crippen LogP contribution in [0.5, 0.6) is 11.5 Å². The molecule has 0 aliphatic rings. The molecule has 2 aromatic carbocycles. The minimum absolute atomic E-state index is 0.0277. The molecule has 0 bridgehead atoms. The fourth-order valence-electron chi connectivity index (χ4n) is 3.99. The number of aromatic nitrogens is 3. The molecule has 0 atom stereocenters. The van der Waals surface area contributed by atoms with E-state index in [0.717, 1.165) is 16.7 Å². The molecule has 0 aliphatic heterocycles. The number of nitrogen functional groups attached to an aromatic ring is 2.